The van der Waals surface area contributed by atoms with E-state index in [0.29, 0.717) is 18.1 Å². The molecule has 0 heterocycles. The first-order valence-corrected chi connectivity index (χ1v) is 11.8. The van der Waals surface area contributed by atoms with Gasteiger partial charge in [-0.3, -0.25) is 0 Å². The number of aliphatic hydroxyl groups is 2. The van der Waals surface area contributed by atoms with Crippen LogP contribution in [0.3, 0.4) is 0 Å². The van der Waals surface area contributed by atoms with Gasteiger partial charge in [0, 0.05) is 0 Å². The Bertz CT molecular complexity index is 623. The molecule has 0 radical (unpaired) electrons. The number of allylic oxidation sites excluding steroid dienone is 1. The minimum Gasteiger partial charge on any atom is -0.390 e. The van der Waals surface area contributed by atoms with Crippen molar-refractivity contribution in [3.8, 4) is 0 Å². The molecule has 3 heteroatoms. The molecule has 3 fully saturated rings. The van der Waals surface area contributed by atoms with Gasteiger partial charge in [-0.15, -0.1) is 0 Å². The van der Waals surface area contributed by atoms with Crippen molar-refractivity contribution in [2.75, 3.05) is 6.61 Å². The summed E-state index contributed by atoms with van der Waals surface area (Å²) < 4.78 is 6.34. The highest BCUT2D eigenvalue weighted by molar-refractivity contribution is 5.26. The Morgan fingerprint density at radius 3 is 2.54 bits per heavy atom. The zero-order valence-electron chi connectivity index (χ0n) is 18.7. The normalized spacial score (nSPS) is 49.2. The van der Waals surface area contributed by atoms with Crippen molar-refractivity contribution in [3.05, 3.63) is 11.6 Å². The van der Waals surface area contributed by atoms with Crippen LogP contribution in [0.25, 0.3) is 0 Å². The van der Waals surface area contributed by atoms with Gasteiger partial charge < -0.3 is 14.9 Å². The predicted octanol–water partition coefficient (Wildman–Crippen LogP) is 5.10. The summed E-state index contributed by atoms with van der Waals surface area (Å²) in [5, 5.41) is 20.8. The number of hydrogen-bond donors (Lipinski definition) is 2. The fourth-order valence-corrected chi connectivity index (χ4v) is 7.44. The van der Waals surface area contributed by atoms with E-state index in [4.69, 9.17) is 4.74 Å². The molecule has 160 valence electrons. The highest BCUT2D eigenvalue weighted by Crippen LogP contribution is 2.65. The van der Waals surface area contributed by atoms with Crippen molar-refractivity contribution in [2.45, 2.75) is 104 Å². The summed E-state index contributed by atoms with van der Waals surface area (Å²) in [6.07, 6.45) is 11.6. The second kappa shape index (κ2) is 7.10. The van der Waals surface area contributed by atoms with E-state index >= 15 is 0 Å². The molecule has 0 aliphatic heterocycles. The van der Waals surface area contributed by atoms with Crippen molar-refractivity contribution in [1.82, 2.24) is 0 Å². The Labute approximate surface area is 171 Å². The first-order valence-electron chi connectivity index (χ1n) is 11.8. The molecule has 4 aliphatic carbocycles. The molecule has 0 amide bonds. The molecule has 0 aromatic heterocycles. The van der Waals surface area contributed by atoms with Gasteiger partial charge in [0.05, 0.1) is 24.4 Å². The minimum absolute atomic E-state index is 0.256. The van der Waals surface area contributed by atoms with Gasteiger partial charge >= 0.3 is 0 Å². The molecule has 8 atom stereocenters. The lowest BCUT2D eigenvalue weighted by Crippen LogP contribution is -2.52. The summed E-state index contributed by atoms with van der Waals surface area (Å²) in [7, 11) is 0. The lowest BCUT2D eigenvalue weighted by atomic mass is 9.47. The molecule has 0 saturated heterocycles. The number of aliphatic hydroxyl groups excluding tert-OH is 1. The Hall–Kier alpha value is -0.380. The van der Waals surface area contributed by atoms with Crippen LogP contribution in [0.2, 0.25) is 0 Å². The standard InChI is InChI=1S/C25H42O3/c1-16(2)21(26)15-28-22-9-8-19-18-7-6-17-14-23(3,27)12-13-24(17,4)20(18)10-11-25(19,22)5/h6,16,18-22,26-27H,7-15H2,1-5H3/t18?,19?,20?,21?,22?,23-,24?,25?/m0/s1. The van der Waals surface area contributed by atoms with Crippen LogP contribution in [-0.2, 0) is 4.74 Å². The van der Waals surface area contributed by atoms with E-state index in [-0.39, 0.29) is 17.4 Å². The van der Waals surface area contributed by atoms with E-state index in [9.17, 15) is 10.2 Å². The first-order chi connectivity index (χ1) is 13.1. The van der Waals surface area contributed by atoms with Gasteiger partial charge in [0.25, 0.3) is 0 Å². The average Bonchev–Trinajstić information content (AvgIpc) is 2.96. The van der Waals surface area contributed by atoms with Crippen molar-refractivity contribution >= 4 is 0 Å². The lowest BCUT2D eigenvalue weighted by Gasteiger charge is -2.58. The molecule has 7 unspecified atom stereocenters. The van der Waals surface area contributed by atoms with Crippen molar-refractivity contribution in [1.29, 1.82) is 0 Å². The second-order valence-electron chi connectivity index (χ2n) is 11.7. The van der Waals surface area contributed by atoms with Crippen LogP contribution in [-0.4, -0.2) is 34.6 Å². The molecular weight excluding hydrogens is 348 g/mol. The van der Waals surface area contributed by atoms with Crippen LogP contribution in [0.4, 0.5) is 0 Å². The van der Waals surface area contributed by atoms with E-state index < -0.39 is 5.60 Å². The van der Waals surface area contributed by atoms with Crippen molar-refractivity contribution < 1.29 is 14.9 Å². The maximum atomic E-state index is 10.6. The maximum Gasteiger partial charge on any atom is 0.0796 e. The Morgan fingerprint density at radius 1 is 1.07 bits per heavy atom. The molecule has 2 N–H and O–H groups in total. The third-order valence-electron chi connectivity index (χ3n) is 9.53. The summed E-state index contributed by atoms with van der Waals surface area (Å²) in [6, 6.07) is 0. The van der Waals surface area contributed by atoms with E-state index in [2.05, 4.69) is 33.8 Å². The molecular formula is C25H42O3. The molecule has 4 rings (SSSR count). The smallest absolute Gasteiger partial charge is 0.0796 e. The molecule has 0 aromatic rings. The summed E-state index contributed by atoms with van der Waals surface area (Å²) >= 11 is 0. The molecule has 3 nitrogen and oxygen atoms in total. The maximum absolute atomic E-state index is 10.6. The largest absolute Gasteiger partial charge is 0.390 e. The van der Waals surface area contributed by atoms with E-state index in [0.717, 1.165) is 43.4 Å². The Kier molecular flexibility index (Phi) is 5.29. The van der Waals surface area contributed by atoms with Crippen LogP contribution in [0, 0.1) is 34.5 Å². The van der Waals surface area contributed by atoms with Crippen LogP contribution >= 0.6 is 0 Å². The van der Waals surface area contributed by atoms with Gasteiger partial charge in [0.2, 0.25) is 0 Å². The van der Waals surface area contributed by atoms with E-state index in [1.54, 1.807) is 5.57 Å². The highest BCUT2D eigenvalue weighted by Gasteiger charge is 2.59. The van der Waals surface area contributed by atoms with Gasteiger partial charge in [-0.25, -0.2) is 0 Å². The zero-order valence-corrected chi connectivity index (χ0v) is 18.7. The summed E-state index contributed by atoms with van der Waals surface area (Å²) in [5.74, 6) is 2.52. The summed E-state index contributed by atoms with van der Waals surface area (Å²) in [4.78, 5) is 0. The molecule has 3 saturated carbocycles. The molecule has 0 aromatic carbocycles. The molecule has 4 aliphatic rings. The predicted molar refractivity (Wildman–Crippen MR) is 113 cm³/mol. The quantitative estimate of drug-likeness (QED) is 0.656. The van der Waals surface area contributed by atoms with Crippen LogP contribution in [0.1, 0.15) is 86.0 Å². The summed E-state index contributed by atoms with van der Waals surface area (Å²) in [5.41, 5.74) is 1.59. The van der Waals surface area contributed by atoms with Crippen LogP contribution in [0.15, 0.2) is 11.6 Å². The number of fused-ring (bicyclic) bond motifs is 5. The second-order valence-corrected chi connectivity index (χ2v) is 11.7. The fourth-order valence-electron chi connectivity index (χ4n) is 7.44. The fraction of sp³-hybridized carbons (Fsp3) is 0.920. The topological polar surface area (TPSA) is 49.7 Å². The highest BCUT2D eigenvalue weighted by atomic mass is 16.5. The first kappa shape index (κ1) is 20.9. The van der Waals surface area contributed by atoms with Gasteiger partial charge in [-0.05, 0) is 92.8 Å². The van der Waals surface area contributed by atoms with Gasteiger partial charge in [0.1, 0.15) is 0 Å². The monoisotopic (exact) mass is 390 g/mol. The molecule has 0 spiro atoms. The van der Waals surface area contributed by atoms with Gasteiger partial charge in [0.15, 0.2) is 0 Å². The number of ether oxygens (including phenoxy) is 1. The van der Waals surface area contributed by atoms with Crippen LogP contribution < -0.4 is 0 Å². The average molecular weight is 391 g/mol. The van der Waals surface area contributed by atoms with Crippen LogP contribution in [0.5, 0.6) is 0 Å². The number of hydrogen-bond acceptors (Lipinski definition) is 3. The summed E-state index contributed by atoms with van der Waals surface area (Å²) in [6.45, 7) is 11.6. The lowest BCUT2D eigenvalue weighted by molar-refractivity contribution is -0.113. The van der Waals surface area contributed by atoms with Gasteiger partial charge in [-0.1, -0.05) is 39.3 Å². The van der Waals surface area contributed by atoms with Crippen molar-refractivity contribution in [3.63, 3.8) is 0 Å². The minimum atomic E-state index is -0.509. The Morgan fingerprint density at radius 2 is 1.82 bits per heavy atom. The Balaban J connectivity index is 1.51. The van der Waals surface area contributed by atoms with Gasteiger partial charge in [-0.2, -0.15) is 0 Å². The van der Waals surface area contributed by atoms with E-state index in [1.165, 1.54) is 25.7 Å². The third kappa shape index (κ3) is 3.30. The third-order valence-corrected chi connectivity index (χ3v) is 9.53. The number of rotatable bonds is 4. The van der Waals surface area contributed by atoms with E-state index in [1.807, 2.05) is 6.92 Å². The SMILES string of the molecule is CC(C)C(O)COC1CCC2C3CC=C4C[C@@](C)(O)CCC4(C)C3CCC12C. The molecule has 0 bridgehead atoms. The molecule has 28 heavy (non-hydrogen) atoms. The van der Waals surface area contributed by atoms with Crippen molar-refractivity contribution in [2.24, 2.45) is 34.5 Å². The zero-order chi connectivity index (χ0) is 20.3.